The molecule has 0 atom stereocenters. The summed E-state index contributed by atoms with van der Waals surface area (Å²) in [6, 6.07) is 9.95. The SMILES string of the molecule is Cc1cc(NC(=O)CN2CCCc3ccccc32)on1. The summed E-state index contributed by atoms with van der Waals surface area (Å²) in [4.78, 5) is 14.2. The molecular weight excluding hydrogens is 254 g/mol. The molecule has 1 aromatic heterocycles. The van der Waals surface area contributed by atoms with E-state index in [0.717, 1.165) is 30.8 Å². The zero-order valence-corrected chi connectivity index (χ0v) is 11.4. The summed E-state index contributed by atoms with van der Waals surface area (Å²) in [6.07, 6.45) is 2.15. The van der Waals surface area contributed by atoms with E-state index >= 15 is 0 Å². The maximum atomic E-state index is 12.1. The maximum Gasteiger partial charge on any atom is 0.246 e. The van der Waals surface area contributed by atoms with Gasteiger partial charge < -0.3 is 9.42 Å². The number of hydrogen-bond donors (Lipinski definition) is 1. The summed E-state index contributed by atoms with van der Waals surface area (Å²) < 4.78 is 4.99. The Balaban J connectivity index is 1.68. The van der Waals surface area contributed by atoms with Crippen LogP contribution in [0.5, 0.6) is 0 Å². The first-order chi connectivity index (χ1) is 9.72. The Morgan fingerprint density at radius 2 is 2.30 bits per heavy atom. The van der Waals surface area contributed by atoms with Gasteiger partial charge in [-0.05, 0) is 31.4 Å². The van der Waals surface area contributed by atoms with Crippen LogP contribution in [0.1, 0.15) is 17.7 Å². The highest BCUT2D eigenvalue weighted by atomic mass is 16.5. The summed E-state index contributed by atoms with van der Waals surface area (Å²) in [5, 5.41) is 6.48. The number of hydrogen-bond acceptors (Lipinski definition) is 4. The average molecular weight is 271 g/mol. The zero-order chi connectivity index (χ0) is 13.9. The van der Waals surface area contributed by atoms with E-state index in [1.165, 1.54) is 5.56 Å². The largest absolute Gasteiger partial charge is 0.362 e. The van der Waals surface area contributed by atoms with Crippen molar-refractivity contribution in [1.82, 2.24) is 5.16 Å². The standard InChI is InChI=1S/C15H17N3O2/c1-11-9-15(20-17-11)16-14(19)10-18-8-4-6-12-5-2-3-7-13(12)18/h2-3,5,7,9H,4,6,8,10H2,1H3,(H,16,19). The summed E-state index contributed by atoms with van der Waals surface area (Å²) in [7, 11) is 0. The van der Waals surface area contributed by atoms with E-state index in [1.807, 2.05) is 19.1 Å². The molecule has 1 aromatic carbocycles. The Morgan fingerprint density at radius 1 is 1.45 bits per heavy atom. The molecule has 0 saturated heterocycles. The molecule has 104 valence electrons. The third kappa shape index (κ3) is 2.66. The van der Waals surface area contributed by atoms with Crippen molar-refractivity contribution in [2.24, 2.45) is 0 Å². The Labute approximate surface area is 117 Å². The normalized spacial score (nSPS) is 13.9. The van der Waals surface area contributed by atoms with Gasteiger partial charge in [-0.15, -0.1) is 0 Å². The number of fused-ring (bicyclic) bond motifs is 1. The number of amides is 1. The van der Waals surface area contributed by atoms with Crippen molar-refractivity contribution in [2.45, 2.75) is 19.8 Å². The summed E-state index contributed by atoms with van der Waals surface area (Å²) in [5.41, 5.74) is 3.22. The number of carbonyl (C=O) groups is 1. The lowest BCUT2D eigenvalue weighted by Crippen LogP contribution is -2.36. The molecule has 20 heavy (non-hydrogen) atoms. The molecule has 1 aliphatic rings. The van der Waals surface area contributed by atoms with E-state index < -0.39 is 0 Å². The number of para-hydroxylation sites is 1. The third-order valence-corrected chi connectivity index (χ3v) is 3.43. The molecule has 0 radical (unpaired) electrons. The number of anilines is 2. The minimum Gasteiger partial charge on any atom is -0.362 e. The molecule has 1 amide bonds. The van der Waals surface area contributed by atoms with Crippen LogP contribution in [-0.2, 0) is 11.2 Å². The van der Waals surface area contributed by atoms with Crippen LogP contribution in [0.3, 0.4) is 0 Å². The molecule has 3 rings (SSSR count). The summed E-state index contributed by atoms with van der Waals surface area (Å²) >= 11 is 0. The van der Waals surface area contributed by atoms with Gasteiger partial charge in [0.25, 0.3) is 0 Å². The Morgan fingerprint density at radius 3 is 3.10 bits per heavy atom. The Hall–Kier alpha value is -2.30. The Bertz CT molecular complexity index is 621. The fraction of sp³-hybridized carbons (Fsp3) is 0.333. The van der Waals surface area contributed by atoms with Gasteiger partial charge in [-0.3, -0.25) is 10.1 Å². The second-order valence-electron chi connectivity index (χ2n) is 5.03. The number of nitrogens with one attached hydrogen (secondary N) is 1. The van der Waals surface area contributed by atoms with Gasteiger partial charge >= 0.3 is 0 Å². The maximum absolute atomic E-state index is 12.1. The minimum atomic E-state index is -0.0853. The highest BCUT2D eigenvalue weighted by molar-refractivity contribution is 5.93. The molecule has 0 aliphatic carbocycles. The topological polar surface area (TPSA) is 58.4 Å². The van der Waals surface area contributed by atoms with Gasteiger partial charge in [-0.1, -0.05) is 23.4 Å². The fourth-order valence-electron chi connectivity index (χ4n) is 2.55. The average Bonchev–Trinajstić information content (AvgIpc) is 2.84. The van der Waals surface area contributed by atoms with Gasteiger partial charge in [0, 0.05) is 18.3 Å². The number of nitrogens with zero attached hydrogens (tertiary/aromatic N) is 2. The van der Waals surface area contributed by atoms with Gasteiger partial charge in [-0.25, -0.2) is 0 Å². The van der Waals surface area contributed by atoms with E-state index in [4.69, 9.17) is 4.52 Å². The van der Waals surface area contributed by atoms with Gasteiger partial charge in [-0.2, -0.15) is 0 Å². The van der Waals surface area contributed by atoms with Gasteiger partial charge in [0.15, 0.2) is 0 Å². The minimum absolute atomic E-state index is 0.0853. The Kier molecular flexibility index (Phi) is 3.41. The number of carbonyl (C=O) groups excluding carboxylic acids is 1. The molecule has 0 bridgehead atoms. The molecule has 2 heterocycles. The van der Waals surface area contributed by atoms with Gasteiger partial charge in [0.05, 0.1) is 12.2 Å². The van der Waals surface area contributed by atoms with E-state index in [0.29, 0.717) is 12.4 Å². The van der Waals surface area contributed by atoms with Crippen molar-refractivity contribution >= 4 is 17.5 Å². The number of aromatic nitrogens is 1. The molecule has 5 heteroatoms. The lowest BCUT2D eigenvalue weighted by atomic mass is 10.0. The van der Waals surface area contributed by atoms with Crippen LogP contribution < -0.4 is 10.2 Å². The second-order valence-corrected chi connectivity index (χ2v) is 5.03. The fourth-order valence-corrected chi connectivity index (χ4v) is 2.55. The highest BCUT2D eigenvalue weighted by Crippen LogP contribution is 2.26. The van der Waals surface area contributed by atoms with Crippen molar-refractivity contribution in [1.29, 1.82) is 0 Å². The molecule has 1 N–H and O–H groups in total. The predicted octanol–water partition coefficient (Wildman–Crippen LogP) is 2.37. The summed E-state index contributed by atoms with van der Waals surface area (Å²) in [5.74, 6) is 0.315. The highest BCUT2D eigenvalue weighted by Gasteiger charge is 2.19. The molecular formula is C15H17N3O2. The van der Waals surface area contributed by atoms with E-state index in [-0.39, 0.29) is 5.91 Å². The van der Waals surface area contributed by atoms with Crippen LogP contribution in [0.2, 0.25) is 0 Å². The van der Waals surface area contributed by atoms with Crippen LogP contribution in [0.15, 0.2) is 34.9 Å². The number of aryl methyl sites for hydroxylation is 2. The lowest BCUT2D eigenvalue weighted by Gasteiger charge is -2.30. The second kappa shape index (κ2) is 5.36. The monoisotopic (exact) mass is 271 g/mol. The summed E-state index contributed by atoms with van der Waals surface area (Å²) in [6.45, 7) is 3.05. The first-order valence-corrected chi connectivity index (χ1v) is 6.78. The van der Waals surface area contributed by atoms with Gasteiger partial charge in [0.1, 0.15) is 0 Å². The predicted molar refractivity (Wildman–Crippen MR) is 76.8 cm³/mol. The van der Waals surface area contributed by atoms with Crippen molar-refractivity contribution < 1.29 is 9.32 Å². The smallest absolute Gasteiger partial charge is 0.246 e. The lowest BCUT2D eigenvalue weighted by molar-refractivity contribution is -0.115. The van der Waals surface area contributed by atoms with Crippen LogP contribution in [0.4, 0.5) is 11.6 Å². The van der Waals surface area contributed by atoms with E-state index in [1.54, 1.807) is 6.07 Å². The van der Waals surface area contributed by atoms with Crippen molar-refractivity contribution in [2.75, 3.05) is 23.3 Å². The van der Waals surface area contributed by atoms with Crippen LogP contribution in [-0.4, -0.2) is 24.2 Å². The molecule has 5 nitrogen and oxygen atoms in total. The molecule has 0 fully saturated rings. The van der Waals surface area contributed by atoms with Crippen molar-refractivity contribution in [3.05, 3.63) is 41.6 Å². The van der Waals surface area contributed by atoms with E-state index in [2.05, 4.69) is 27.5 Å². The first-order valence-electron chi connectivity index (χ1n) is 6.78. The van der Waals surface area contributed by atoms with Crippen LogP contribution in [0, 0.1) is 6.92 Å². The zero-order valence-electron chi connectivity index (χ0n) is 11.4. The molecule has 0 saturated carbocycles. The molecule has 0 spiro atoms. The molecule has 1 aliphatic heterocycles. The first kappa shape index (κ1) is 12.7. The quantitative estimate of drug-likeness (QED) is 0.931. The van der Waals surface area contributed by atoms with Gasteiger partial charge in [0.2, 0.25) is 11.8 Å². The van der Waals surface area contributed by atoms with Crippen molar-refractivity contribution in [3.8, 4) is 0 Å². The number of rotatable bonds is 3. The molecule has 0 unspecified atom stereocenters. The molecule has 2 aromatic rings. The van der Waals surface area contributed by atoms with Crippen LogP contribution in [0.25, 0.3) is 0 Å². The van der Waals surface area contributed by atoms with Crippen molar-refractivity contribution in [3.63, 3.8) is 0 Å². The van der Waals surface area contributed by atoms with Crippen LogP contribution >= 0.6 is 0 Å². The van der Waals surface area contributed by atoms with E-state index in [9.17, 15) is 4.79 Å². The number of benzene rings is 1. The third-order valence-electron chi connectivity index (χ3n) is 3.43.